The third-order valence-corrected chi connectivity index (χ3v) is 6.41. The fourth-order valence-corrected chi connectivity index (χ4v) is 4.61. The van der Waals surface area contributed by atoms with Crippen molar-refractivity contribution in [1.29, 1.82) is 0 Å². The Morgan fingerprint density at radius 2 is 1.69 bits per heavy atom. The van der Waals surface area contributed by atoms with E-state index < -0.39 is 0 Å². The highest BCUT2D eigenvalue weighted by atomic mass is 16.5. The first-order chi connectivity index (χ1) is 16.9. The average Bonchev–Trinajstić information content (AvgIpc) is 2.87. The van der Waals surface area contributed by atoms with Crippen molar-refractivity contribution in [2.24, 2.45) is 5.92 Å². The third kappa shape index (κ3) is 6.10. The fraction of sp³-hybridized carbons (Fsp3) is 0.333. The number of amides is 2. The molecule has 5 nitrogen and oxygen atoms in total. The predicted octanol–water partition coefficient (Wildman–Crippen LogP) is 5.24. The van der Waals surface area contributed by atoms with Crippen LogP contribution in [0.2, 0.25) is 0 Å². The van der Waals surface area contributed by atoms with Crippen LogP contribution < -0.4 is 4.74 Å². The van der Waals surface area contributed by atoms with E-state index in [1.54, 1.807) is 11.9 Å². The van der Waals surface area contributed by atoms with Crippen molar-refractivity contribution in [3.8, 4) is 5.75 Å². The molecule has 0 aromatic heterocycles. The number of hydrogen-bond donors (Lipinski definition) is 0. The SMILES string of the molecule is CC(C)CC(=O)N1CCc2ccc(OCC(=O)N(C)Cc3ccccc3)cc2[C@@H]1c1ccccc1. The van der Waals surface area contributed by atoms with Crippen LogP contribution in [-0.4, -0.2) is 41.8 Å². The minimum atomic E-state index is -0.161. The Morgan fingerprint density at radius 1 is 1.00 bits per heavy atom. The van der Waals surface area contributed by atoms with E-state index in [0.717, 1.165) is 23.1 Å². The highest BCUT2D eigenvalue weighted by Crippen LogP contribution is 2.37. The number of hydrogen-bond acceptors (Lipinski definition) is 3. The maximum absolute atomic E-state index is 13.2. The Kier molecular flexibility index (Phi) is 7.86. The molecule has 5 heteroatoms. The van der Waals surface area contributed by atoms with Gasteiger partial charge in [-0.05, 0) is 46.7 Å². The smallest absolute Gasteiger partial charge is 0.260 e. The number of carbonyl (C=O) groups excluding carboxylic acids is 2. The first-order valence-corrected chi connectivity index (χ1v) is 12.3. The predicted molar refractivity (Wildman–Crippen MR) is 138 cm³/mol. The highest BCUT2D eigenvalue weighted by Gasteiger charge is 2.32. The topological polar surface area (TPSA) is 49.9 Å². The molecular weight excluding hydrogens is 436 g/mol. The summed E-state index contributed by atoms with van der Waals surface area (Å²) in [5.74, 6) is 1.03. The van der Waals surface area contributed by atoms with Crippen LogP contribution in [0.25, 0.3) is 0 Å². The van der Waals surface area contributed by atoms with Gasteiger partial charge in [0.15, 0.2) is 6.61 Å². The molecule has 35 heavy (non-hydrogen) atoms. The average molecular weight is 471 g/mol. The Morgan fingerprint density at radius 3 is 2.37 bits per heavy atom. The van der Waals surface area contributed by atoms with Gasteiger partial charge in [0.2, 0.25) is 5.91 Å². The van der Waals surface area contributed by atoms with Gasteiger partial charge >= 0.3 is 0 Å². The second-order valence-electron chi connectivity index (χ2n) is 9.63. The van der Waals surface area contributed by atoms with Gasteiger partial charge in [0.05, 0.1) is 6.04 Å². The summed E-state index contributed by atoms with van der Waals surface area (Å²) in [6.07, 6.45) is 1.33. The first kappa shape index (κ1) is 24.5. The van der Waals surface area contributed by atoms with Crippen molar-refractivity contribution < 1.29 is 14.3 Å². The molecule has 1 heterocycles. The van der Waals surface area contributed by atoms with Gasteiger partial charge in [-0.1, -0.05) is 80.6 Å². The molecule has 3 aromatic carbocycles. The van der Waals surface area contributed by atoms with Crippen LogP contribution >= 0.6 is 0 Å². The lowest BCUT2D eigenvalue weighted by Crippen LogP contribution is -2.41. The summed E-state index contributed by atoms with van der Waals surface area (Å²) < 4.78 is 5.94. The van der Waals surface area contributed by atoms with E-state index >= 15 is 0 Å². The summed E-state index contributed by atoms with van der Waals surface area (Å²) in [4.78, 5) is 29.5. The molecule has 0 radical (unpaired) electrons. The van der Waals surface area contributed by atoms with Crippen LogP contribution in [0.15, 0.2) is 78.9 Å². The molecule has 0 unspecified atom stereocenters. The number of carbonyl (C=O) groups is 2. The molecule has 0 saturated carbocycles. The van der Waals surface area contributed by atoms with Crippen molar-refractivity contribution in [1.82, 2.24) is 9.80 Å². The molecule has 0 spiro atoms. The molecule has 1 aliphatic heterocycles. The molecule has 0 saturated heterocycles. The monoisotopic (exact) mass is 470 g/mol. The van der Waals surface area contributed by atoms with Gasteiger partial charge in [-0.3, -0.25) is 9.59 Å². The number of ether oxygens (including phenoxy) is 1. The fourth-order valence-electron chi connectivity index (χ4n) is 4.61. The molecule has 3 aromatic rings. The molecule has 1 atom stereocenters. The molecule has 0 aliphatic carbocycles. The van der Waals surface area contributed by atoms with Crippen LogP contribution in [0, 0.1) is 5.92 Å². The summed E-state index contributed by atoms with van der Waals surface area (Å²) in [7, 11) is 1.79. The van der Waals surface area contributed by atoms with Gasteiger partial charge in [-0.25, -0.2) is 0 Å². The van der Waals surface area contributed by atoms with Crippen LogP contribution in [0.3, 0.4) is 0 Å². The molecule has 182 valence electrons. The largest absolute Gasteiger partial charge is 0.484 e. The molecule has 0 bridgehead atoms. The Hall–Kier alpha value is -3.60. The minimum Gasteiger partial charge on any atom is -0.484 e. The number of fused-ring (bicyclic) bond motifs is 1. The normalized spacial score (nSPS) is 15.0. The number of benzene rings is 3. The maximum atomic E-state index is 13.2. The zero-order chi connectivity index (χ0) is 24.8. The summed E-state index contributed by atoms with van der Waals surface area (Å²) in [6, 6.07) is 25.9. The van der Waals surface area contributed by atoms with E-state index in [0.29, 0.717) is 31.2 Å². The zero-order valence-electron chi connectivity index (χ0n) is 20.8. The Balaban J connectivity index is 1.52. The molecule has 4 rings (SSSR count). The zero-order valence-corrected chi connectivity index (χ0v) is 20.8. The van der Waals surface area contributed by atoms with Gasteiger partial charge in [-0.15, -0.1) is 0 Å². The van der Waals surface area contributed by atoms with E-state index in [-0.39, 0.29) is 24.5 Å². The van der Waals surface area contributed by atoms with Gasteiger partial charge in [0.25, 0.3) is 5.91 Å². The second kappa shape index (κ2) is 11.2. The van der Waals surface area contributed by atoms with E-state index in [4.69, 9.17) is 4.74 Å². The van der Waals surface area contributed by atoms with E-state index in [1.165, 1.54) is 5.56 Å². The summed E-state index contributed by atoms with van der Waals surface area (Å²) >= 11 is 0. The van der Waals surface area contributed by atoms with Gasteiger partial charge in [0.1, 0.15) is 5.75 Å². The lowest BCUT2D eigenvalue weighted by molar-refractivity contribution is -0.134. The lowest BCUT2D eigenvalue weighted by atomic mass is 9.87. The summed E-state index contributed by atoms with van der Waals surface area (Å²) in [5.41, 5.74) is 4.45. The van der Waals surface area contributed by atoms with Crippen LogP contribution in [0.5, 0.6) is 5.75 Å². The van der Waals surface area contributed by atoms with Crippen LogP contribution in [0.4, 0.5) is 0 Å². The number of nitrogens with zero attached hydrogens (tertiary/aromatic N) is 2. The number of likely N-dealkylation sites (N-methyl/N-ethyl adjacent to an activating group) is 1. The van der Waals surface area contributed by atoms with E-state index in [9.17, 15) is 9.59 Å². The molecule has 0 N–H and O–H groups in total. The van der Waals surface area contributed by atoms with Crippen molar-refractivity contribution in [3.63, 3.8) is 0 Å². The summed E-state index contributed by atoms with van der Waals surface area (Å²) in [5, 5.41) is 0. The first-order valence-electron chi connectivity index (χ1n) is 12.3. The minimum absolute atomic E-state index is 0.0336. The van der Waals surface area contributed by atoms with E-state index in [1.807, 2.05) is 65.6 Å². The van der Waals surface area contributed by atoms with Crippen molar-refractivity contribution in [3.05, 3.63) is 101 Å². The Bertz CT molecular complexity index is 1140. The van der Waals surface area contributed by atoms with Gasteiger partial charge in [0, 0.05) is 26.6 Å². The van der Waals surface area contributed by atoms with Crippen molar-refractivity contribution >= 4 is 11.8 Å². The third-order valence-electron chi connectivity index (χ3n) is 6.41. The standard InChI is InChI=1S/C30H34N2O3/c1-22(2)18-28(33)32-17-16-24-14-15-26(19-27(24)30(32)25-12-8-5-9-13-25)35-21-29(34)31(3)20-23-10-6-4-7-11-23/h4-15,19,22,30H,16-18,20-21H2,1-3H3/t30-/m0/s1. The van der Waals surface area contributed by atoms with Gasteiger partial charge < -0.3 is 14.5 Å². The lowest BCUT2D eigenvalue weighted by Gasteiger charge is -2.38. The molecule has 2 amide bonds. The maximum Gasteiger partial charge on any atom is 0.260 e. The van der Waals surface area contributed by atoms with E-state index in [2.05, 4.69) is 32.0 Å². The quantitative estimate of drug-likeness (QED) is 0.452. The molecule has 1 aliphatic rings. The van der Waals surface area contributed by atoms with Crippen molar-refractivity contribution in [2.45, 2.75) is 39.3 Å². The Labute approximate surface area is 208 Å². The molecular formula is C30H34N2O3. The number of rotatable bonds is 8. The van der Waals surface area contributed by atoms with Crippen LogP contribution in [-0.2, 0) is 22.6 Å². The second-order valence-corrected chi connectivity index (χ2v) is 9.63. The van der Waals surface area contributed by atoms with Gasteiger partial charge in [-0.2, -0.15) is 0 Å². The summed E-state index contributed by atoms with van der Waals surface area (Å²) in [6.45, 7) is 5.35. The van der Waals surface area contributed by atoms with Crippen LogP contribution in [0.1, 0.15) is 48.6 Å². The van der Waals surface area contributed by atoms with Crippen molar-refractivity contribution in [2.75, 3.05) is 20.2 Å². The highest BCUT2D eigenvalue weighted by molar-refractivity contribution is 5.78. The molecule has 0 fully saturated rings.